The number of aliphatic hydroxyl groups is 1. The fraction of sp³-hybridized carbons (Fsp3) is 0.500. The number of pyridine rings is 2. The van der Waals surface area contributed by atoms with Crippen LogP contribution in [-0.4, -0.2) is 95.2 Å². The van der Waals surface area contributed by atoms with Crippen LogP contribution in [0.2, 0.25) is 0 Å². The van der Waals surface area contributed by atoms with E-state index in [2.05, 4.69) is 68.2 Å². The second-order valence-corrected chi connectivity index (χ2v) is 21.0. The van der Waals surface area contributed by atoms with E-state index in [0.29, 0.717) is 50.1 Å². The zero-order chi connectivity index (χ0) is 48.4. The van der Waals surface area contributed by atoms with Crippen LogP contribution in [0.25, 0.3) is 11.0 Å². The first-order chi connectivity index (χ1) is 32.5. The Hall–Kier alpha value is -5.85. The van der Waals surface area contributed by atoms with Gasteiger partial charge < -0.3 is 29.8 Å². The number of unbranched alkanes of at least 4 members (excludes halogenated alkanes) is 1. The summed E-state index contributed by atoms with van der Waals surface area (Å²) in [6.07, 6.45) is 10.1. The molecule has 5 aromatic rings. The number of aromatic nitrogens is 3. The summed E-state index contributed by atoms with van der Waals surface area (Å²) in [7, 11) is -4.72. The molecule has 5 heterocycles. The SMILES string of the molecule is CCOc1nc2[nH]cc(F)c2cc1Oc1cc(N2CCC3(CC2)CN([C@H]2CCC[C@H]2c2ccccc2C(C)C)C3)ccc1C(=O)NS(=O)(=O)c1cnc(NCCCC[C@](C)(O)CC)c([N+](=O)[O-])c1. The minimum absolute atomic E-state index is 0.000969. The van der Waals surface area contributed by atoms with Gasteiger partial charge in [0.25, 0.3) is 21.8 Å². The number of rotatable bonds is 19. The van der Waals surface area contributed by atoms with E-state index in [9.17, 15) is 32.8 Å². The molecular formula is C50H63FN8O8S. The van der Waals surface area contributed by atoms with Crippen LogP contribution in [-0.2, 0) is 10.0 Å². The lowest BCUT2D eigenvalue weighted by atomic mass is 9.70. The number of nitrogens with zero attached hydrogens (tertiary/aromatic N) is 5. The first kappa shape index (κ1) is 48.6. The van der Waals surface area contributed by atoms with Gasteiger partial charge >= 0.3 is 5.69 Å². The van der Waals surface area contributed by atoms with Gasteiger partial charge in [-0.1, -0.05) is 51.5 Å². The van der Waals surface area contributed by atoms with Gasteiger partial charge in [0.2, 0.25) is 5.82 Å². The van der Waals surface area contributed by atoms with Crippen molar-refractivity contribution in [2.75, 3.05) is 49.5 Å². The van der Waals surface area contributed by atoms with E-state index in [1.54, 1.807) is 26.0 Å². The van der Waals surface area contributed by atoms with Gasteiger partial charge in [-0.15, -0.1) is 0 Å². The van der Waals surface area contributed by atoms with Crippen molar-refractivity contribution in [1.82, 2.24) is 24.6 Å². The number of benzene rings is 2. The van der Waals surface area contributed by atoms with Crippen molar-refractivity contribution in [3.05, 3.63) is 99.6 Å². The van der Waals surface area contributed by atoms with E-state index >= 15 is 0 Å². The largest absolute Gasteiger partial charge is 0.475 e. The van der Waals surface area contributed by atoms with Crippen molar-refractivity contribution in [1.29, 1.82) is 0 Å². The lowest BCUT2D eigenvalue weighted by Crippen LogP contribution is -2.63. The molecule has 1 aliphatic carbocycles. The molecule has 3 aromatic heterocycles. The topological polar surface area (TPSA) is 205 Å². The van der Waals surface area contributed by atoms with E-state index < -0.39 is 42.9 Å². The molecule has 1 spiro atoms. The van der Waals surface area contributed by atoms with Crippen molar-refractivity contribution in [2.24, 2.45) is 5.41 Å². The number of carbonyl (C=O) groups is 1. The third-order valence-corrected chi connectivity index (χ3v) is 15.6. The van der Waals surface area contributed by atoms with Gasteiger partial charge in [-0.3, -0.25) is 19.8 Å². The van der Waals surface area contributed by atoms with Crippen molar-refractivity contribution < 1.29 is 37.1 Å². The second-order valence-electron chi connectivity index (χ2n) is 19.3. The Labute approximate surface area is 397 Å². The fourth-order valence-electron chi connectivity index (χ4n) is 10.2. The maximum Gasteiger partial charge on any atom is 0.312 e. The molecule has 3 aliphatic rings. The lowest BCUT2D eigenvalue weighted by Gasteiger charge is -2.57. The zero-order valence-corrected chi connectivity index (χ0v) is 40.3. The minimum Gasteiger partial charge on any atom is -0.475 e. The van der Waals surface area contributed by atoms with Crippen LogP contribution in [0, 0.1) is 21.3 Å². The molecule has 2 aliphatic heterocycles. The molecule has 68 heavy (non-hydrogen) atoms. The van der Waals surface area contributed by atoms with E-state index in [4.69, 9.17) is 9.47 Å². The lowest BCUT2D eigenvalue weighted by molar-refractivity contribution is -0.384. The van der Waals surface area contributed by atoms with Crippen LogP contribution in [0.15, 0.2) is 71.9 Å². The molecule has 8 rings (SSSR count). The number of amides is 1. The number of likely N-dealkylation sites (tertiary alicyclic amines) is 1. The summed E-state index contributed by atoms with van der Waals surface area (Å²) in [6, 6.07) is 16.6. The molecule has 0 unspecified atom stereocenters. The predicted molar refractivity (Wildman–Crippen MR) is 259 cm³/mol. The summed E-state index contributed by atoms with van der Waals surface area (Å²) in [5, 5.41) is 25.4. The molecule has 2 saturated heterocycles. The molecule has 16 nitrogen and oxygen atoms in total. The van der Waals surface area contributed by atoms with Gasteiger partial charge in [0.05, 0.1) is 34.3 Å². The summed E-state index contributed by atoms with van der Waals surface area (Å²) < 4.78 is 56.6. The molecule has 3 fully saturated rings. The molecule has 0 radical (unpaired) electrons. The number of anilines is 2. The Bertz CT molecular complexity index is 2750. The van der Waals surface area contributed by atoms with E-state index in [0.717, 1.165) is 63.2 Å². The van der Waals surface area contributed by atoms with Crippen molar-refractivity contribution in [2.45, 2.75) is 121 Å². The van der Waals surface area contributed by atoms with Crippen LogP contribution in [0.4, 0.5) is 21.6 Å². The Balaban J connectivity index is 1.00. The van der Waals surface area contributed by atoms with E-state index in [1.807, 2.05) is 11.6 Å². The van der Waals surface area contributed by atoms with Crippen LogP contribution in [0.1, 0.15) is 126 Å². The number of carbonyl (C=O) groups excluding carboxylic acids is 1. The molecule has 364 valence electrons. The summed E-state index contributed by atoms with van der Waals surface area (Å²) in [4.78, 5) is 41.0. The van der Waals surface area contributed by atoms with Crippen LogP contribution >= 0.6 is 0 Å². The normalized spacial score (nSPS) is 19.2. The van der Waals surface area contributed by atoms with Gasteiger partial charge in [-0.05, 0) is 106 Å². The average Bonchev–Trinajstić information content (AvgIpc) is 3.94. The maximum absolute atomic E-state index is 14.9. The third kappa shape index (κ3) is 10.4. The number of halogens is 1. The number of sulfonamides is 1. The number of ether oxygens (including phenoxy) is 2. The van der Waals surface area contributed by atoms with Crippen molar-refractivity contribution >= 4 is 44.2 Å². The summed E-state index contributed by atoms with van der Waals surface area (Å²) in [5.41, 5.74) is 2.55. The fourth-order valence-corrected chi connectivity index (χ4v) is 11.1. The number of hydrogen-bond donors (Lipinski definition) is 4. The van der Waals surface area contributed by atoms with Gasteiger partial charge in [-0.2, -0.15) is 4.98 Å². The first-order valence-corrected chi connectivity index (χ1v) is 25.4. The van der Waals surface area contributed by atoms with E-state index in [-0.39, 0.29) is 51.8 Å². The van der Waals surface area contributed by atoms with E-state index in [1.165, 1.54) is 42.5 Å². The van der Waals surface area contributed by atoms with Crippen molar-refractivity contribution in [3.8, 4) is 17.4 Å². The smallest absolute Gasteiger partial charge is 0.312 e. The summed E-state index contributed by atoms with van der Waals surface area (Å²) in [5.74, 6) is -0.788. The molecular weight excluding hydrogens is 892 g/mol. The van der Waals surface area contributed by atoms with Crippen LogP contribution < -0.4 is 24.4 Å². The standard InChI is InChI=1S/C50H63FN8O8S/c1-6-49(5,61)19-10-11-22-52-46-42(59(62)63)26-34(28-53-46)68(64,65)56-47(60)38-18-17-33(25-43(38)67-44-27-39-40(51)29-54-45(39)55-48(44)66-7-2)57-23-20-50(21-24-57)30-58(31-50)41-16-12-15-37(41)36-14-9-8-13-35(36)32(3)4/h8-9,13-14,17-18,25-29,32,37,41,61H,6-7,10-12,15-16,19-24,30-31H2,1-5H3,(H,52,53)(H,54,55)(H,56,60)/t37-,41-,49+/m0/s1. The number of fused-ring (bicyclic) bond motifs is 1. The van der Waals surface area contributed by atoms with Crippen LogP contribution in [0.5, 0.6) is 17.4 Å². The minimum atomic E-state index is -4.72. The maximum atomic E-state index is 14.9. The quantitative estimate of drug-likeness (QED) is 0.0346. The first-order valence-electron chi connectivity index (χ1n) is 23.9. The number of nitrogens with one attached hydrogen (secondary N) is 3. The highest BCUT2D eigenvalue weighted by molar-refractivity contribution is 7.90. The molecule has 3 atom stereocenters. The average molecular weight is 955 g/mol. The second kappa shape index (κ2) is 20.0. The zero-order valence-electron chi connectivity index (χ0n) is 39.5. The van der Waals surface area contributed by atoms with Gasteiger partial charge in [0.1, 0.15) is 22.1 Å². The number of aromatic amines is 1. The molecule has 18 heteroatoms. The monoisotopic (exact) mass is 954 g/mol. The van der Waals surface area contributed by atoms with Crippen LogP contribution in [0.3, 0.4) is 0 Å². The third-order valence-electron chi connectivity index (χ3n) is 14.3. The Morgan fingerprint density at radius 2 is 1.85 bits per heavy atom. The number of piperidine rings is 1. The molecule has 0 bridgehead atoms. The Kier molecular flexibility index (Phi) is 14.3. The summed E-state index contributed by atoms with van der Waals surface area (Å²) >= 11 is 0. The number of nitro groups is 1. The molecule has 2 aromatic carbocycles. The highest BCUT2D eigenvalue weighted by Gasteiger charge is 2.49. The molecule has 1 amide bonds. The molecule has 1 saturated carbocycles. The van der Waals surface area contributed by atoms with Gasteiger partial charge in [0.15, 0.2) is 5.75 Å². The Morgan fingerprint density at radius 3 is 2.57 bits per heavy atom. The summed E-state index contributed by atoms with van der Waals surface area (Å²) in [6.45, 7) is 14.0. The van der Waals surface area contributed by atoms with Gasteiger partial charge in [-0.25, -0.2) is 22.5 Å². The predicted octanol–water partition coefficient (Wildman–Crippen LogP) is 9.42. The van der Waals surface area contributed by atoms with Crippen molar-refractivity contribution in [3.63, 3.8) is 0 Å². The number of H-pyrrole nitrogens is 1. The number of hydrogen-bond acceptors (Lipinski definition) is 13. The Morgan fingerprint density at radius 1 is 1.09 bits per heavy atom. The van der Waals surface area contributed by atoms with Gasteiger partial charge in [0, 0.05) is 68.8 Å². The highest BCUT2D eigenvalue weighted by Crippen LogP contribution is 2.49. The highest BCUT2D eigenvalue weighted by atomic mass is 32.2. The molecule has 4 N–H and O–H groups in total.